The summed E-state index contributed by atoms with van der Waals surface area (Å²) in [5.41, 5.74) is 2.69. The van der Waals surface area contributed by atoms with E-state index in [-0.39, 0.29) is 5.91 Å². The summed E-state index contributed by atoms with van der Waals surface area (Å²) in [6.07, 6.45) is 8.85. The van der Waals surface area contributed by atoms with Crippen LogP contribution in [0.2, 0.25) is 0 Å². The summed E-state index contributed by atoms with van der Waals surface area (Å²) >= 11 is 0. The number of hydrogen-bond acceptors (Lipinski definition) is 3. The number of amides is 1. The molecule has 5 heteroatoms. The fourth-order valence-corrected chi connectivity index (χ4v) is 3.34. The van der Waals surface area contributed by atoms with Crippen LogP contribution in [0.25, 0.3) is 11.0 Å². The molecular formula is C17H22N4O. The molecule has 2 aromatic heterocycles. The molecule has 2 aliphatic rings. The zero-order valence-electron chi connectivity index (χ0n) is 13.1. The van der Waals surface area contributed by atoms with Gasteiger partial charge in [0, 0.05) is 31.7 Å². The Hall–Kier alpha value is -1.91. The summed E-state index contributed by atoms with van der Waals surface area (Å²) in [5.74, 6) is 0.694. The van der Waals surface area contributed by atoms with Crippen LogP contribution < -0.4 is 0 Å². The van der Waals surface area contributed by atoms with E-state index in [1.165, 1.54) is 25.7 Å². The predicted molar refractivity (Wildman–Crippen MR) is 84.9 cm³/mol. The quantitative estimate of drug-likeness (QED) is 0.856. The highest BCUT2D eigenvalue weighted by Gasteiger charge is 2.29. The molecule has 22 heavy (non-hydrogen) atoms. The van der Waals surface area contributed by atoms with E-state index in [1.54, 1.807) is 10.9 Å². The number of hydrogen-bond donors (Lipinski definition) is 0. The molecule has 3 heterocycles. The fourth-order valence-electron chi connectivity index (χ4n) is 3.34. The minimum Gasteiger partial charge on any atom is -0.339 e. The Morgan fingerprint density at radius 3 is 2.59 bits per heavy atom. The van der Waals surface area contributed by atoms with Gasteiger partial charge in [-0.05, 0) is 31.7 Å². The monoisotopic (exact) mass is 298 g/mol. The zero-order valence-corrected chi connectivity index (χ0v) is 13.1. The highest BCUT2D eigenvalue weighted by molar-refractivity contribution is 6.05. The summed E-state index contributed by atoms with van der Waals surface area (Å²) in [6.45, 7) is 1.75. The minimum absolute atomic E-state index is 0.157. The van der Waals surface area contributed by atoms with Gasteiger partial charge in [-0.2, -0.15) is 5.10 Å². The van der Waals surface area contributed by atoms with Crippen molar-refractivity contribution >= 4 is 16.9 Å². The summed E-state index contributed by atoms with van der Waals surface area (Å²) in [5, 5.41) is 5.20. The van der Waals surface area contributed by atoms with Crippen LogP contribution in [-0.2, 0) is 7.05 Å². The van der Waals surface area contributed by atoms with Gasteiger partial charge in [-0.25, -0.2) is 4.98 Å². The molecule has 0 unspecified atom stereocenters. The standard InChI is InChI=1S/C17H22N4O/c1-20-16-14(11-18-20)13(10-15(19-16)12-6-7-12)17(22)21-8-4-2-3-5-9-21/h10-12H,2-9H2,1H3. The molecule has 1 aliphatic carbocycles. The molecule has 1 saturated heterocycles. The highest BCUT2D eigenvalue weighted by Crippen LogP contribution is 2.40. The molecule has 2 aromatic rings. The SMILES string of the molecule is Cn1ncc2c(C(=O)N3CCCCCC3)cc(C3CC3)nc21. The first kappa shape index (κ1) is 13.7. The summed E-state index contributed by atoms with van der Waals surface area (Å²) in [6, 6.07) is 2.02. The van der Waals surface area contributed by atoms with Crippen molar-refractivity contribution in [2.24, 2.45) is 7.05 Å². The van der Waals surface area contributed by atoms with Crippen molar-refractivity contribution in [3.8, 4) is 0 Å². The normalized spacial score (nSPS) is 19.4. The number of nitrogens with zero attached hydrogens (tertiary/aromatic N) is 4. The maximum atomic E-state index is 13.0. The van der Waals surface area contributed by atoms with Crippen LogP contribution >= 0.6 is 0 Å². The molecule has 4 rings (SSSR count). The molecule has 1 amide bonds. The van der Waals surface area contributed by atoms with Crippen LogP contribution in [0, 0.1) is 0 Å². The van der Waals surface area contributed by atoms with Crippen LogP contribution in [0.15, 0.2) is 12.3 Å². The Kier molecular flexibility index (Phi) is 3.36. The van der Waals surface area contributed by atoms with Gasteiger partial charge in [0.2, 0.25) is 0 Å². The molecular weight excluding hydrogens is 276 g/mol. The van der Waals surface area contributed by atoms with Crippen molar-refractivity contribution in [1.82, 2.24) is 19.7 Å². The van der Waals surface area contributed by atoms with Crippen molar-refractivity contribution in [3.05, 3.63) is 23.5 Å². The van der Waals surface area contributed by atoms with Crippen LogP contribution in [0.1, 0.15) is 60.5 Å². The predicted octanol–water partition coefficient (Wildman–Crippen LogP) is 2.86. The lowest BCUT2D eigenvalue weighted by Crippen LogP contribution is -2.32. The molecule has 0 N–H and O–H groups in total. The van der Waals surface area contributed by atoms with Crippen molar-refractivity contribution in [2.75, 3.05) is 13.1 Å². The number of aryl methyl sites for hydroxylation is 1. The van der Waals surface area contributed by atoms with E-state index < -0.39 is 0 Å². The number of fused-ring (bicyclic) bond motifs is 1. The number of carbonyl (C=O) groups excluding carboxylic acids is 1. The molecule has 5 nitrogen and oxygen atoms in total. The van der Waals surface area contributed by atoms with Gasteiger partial charge in [0.1, 0.15) is 0 Å². The first-order valence-corrected chi connectivity index (χ1v) is 8.36. The number of likely N-dealkylation sites (tertiary alicyclic amines) is 1. The molecule has 0 aromatic carbocycles. The molecule has 1 aliphatic heterocycles. The zero-order chi connectivity index (χ0) is 15.1. The highest BCUT2D eigenvalue weighted by atomic mass is 16.2. The maximum absolute atomic E-state index is 13.0. The Morgan fingerprint density at radius 1 is 1.18 bits per heavy atom. The van der Waals surface area contributed by atoms with E-state index in [9.17, 15) is 4.79 Å². The molecule has 1 saturated carbocycles. The van der Waals surface area contributed by atoms with E-state index in [4.69, 9.17) is 4.98 Å². The Labute approximate surface area is 130 Å². The minimum atomic E-state index is 0.157. The lowest BCUT2D eigenvalue weighted by Gasteiger charge is -2.21. The second-order valence-corrected chi connectivity index (χ2v) is 6.58. The third-order valence-corrected chi connectivity index (χ3v) is 4.84. The molecule has 0 bridgehead atoms. The van der Waals surface area contributed by atoms with E-state index in [1.807, 2.05) is 18.0 Å². The van der Waals surface area contributed by atoms with Gasteiger partial charge >= 0.3 is 0 Å². The molecule has 0 radical (unpaired) electrons. The van der Waals surface area contributed by atoms with Gasteiger partial charge in [0.25, 0.3) is 5.91 Å². The second kappa shape index (κ2) is 5.38. The fraction of sp³-hybridized carbons (Fsp3) is 0.588. The topological polar surface area (TPSA) is 51.0 Å². The number of carbonyl (C=O) groups is 1. The van der Waals surface area contributed by atoms with Crippen LogP contribution in [0.4, 0.5) is 0 Å². The van der Waals surface area contributed by atoms with E-state index >= 15 is 0 Å². The van der Waals surface area contributed by atoms with Gasteiger partial charge in [-0.15, -0.1) is 0 Å². The Morgan fingerprint density at radius 2 is 1.91 bits per heavy atom. The van der Waals surface area contributed by atoms with Gasteiger partial charge in [-0.1, -0.05) is 12.8 Å². The summed E-state index contributed by atoms with van der Waals surface area (Å²) in [4.78, 5) is 19.8. The molecule has 2 fully saturated rings. The molecule has 116 valence electrons. The van der Waals surface area contributed by atoms with Crippen LogP contribution in [-0.4, -0.2) is 38.7 Å². The van der Waals surface area contributed by atoms with Gasteiger partial charge < -0.3 is 4.90 Å². The molecule has 0 spiro atoms. The van der Waals surface area contributed by atoms with E-state index in [0.29, 0.717) is 5.92 Å². The first-order chi connectivity index (χ1) is 10.7. The summed E-state index contributed by atoms with van der Waals surface area (Å²) in [7, 11) is 1.90. The van der Waals surface area contributed by atoms with Gasteiger partial charge in [0.05, 0.1) is 17.1 Å². The van der Waals surface area contributed by atoms with E-state index in [2.05, 4.69) is 5.10 Å². The summed E-state index contributed by atoms with van der Waals surface area (Å²) < 4.78 is 1.78. The third-order valence-electron chi connectivity index (χ3n) is 4.84. The maximum Gasteiger partial charge on any atom is 0.254 e. The number of pyridine rings is 1. The first-order valence-electron chi connectivity index (χ1n) is 8.36. The van der Waals surface area contributed by atoms with Crippen LogP contribution in [0.3, 0.4) is 0 Å². The Bertz CT molecular complexity index is 709. The van der Waals surface area contributed by atoms with Gasteiger partial charge in [0.15, 0.2) is 5.65 Å². The smallest absolute Gasteiger partial charge is 0.254 e. The van der Waals surface area contributed by atoms with Crippen molar-refractivity contribution in [3.63, 3.8) is 0 Å². The van der Waals surface area contributed by atoms with Crippen molar-refractivity contribution in [1.29, 1.82) is 0 Å². The van der Waals surface area contributed by atoms with Gasteiger partial charge in [-0.3, -0.25) is 9.48 Å². The average Bonchev–Trinajstić information content (AvgIpc) is 3.34. The van der Waals surface area contributed by atoms with Crippen molar-refractivity contribution in [2.45, 2.75) is 44.4 Å². The molecule has 0 atom stereocenters. The number of rotatable bonds is 2. The van der Waals surface area contributed by atoms with Crippen molar-refractivity contribution < 1.29 is 4.79 Å². The van der Waals surface area contributed by atoms with Crippen LogP contribution in [0.5, 0.6) is 0 Å². The average molecular weight is 298 g/mol. The lowest BCUT2D eigenvalue weighted by molar-refractivity contribution is 0.0763. The lowest BCUT2D eigenvalue weighted by atomic mass is 10.1. The largest absolute Gasteiger partial charge is 0.339 e. The third kappa shape index (κ3) is 2.38. The Balaban J connectivity index is 1.77. The second-order valence-electron chi connectivity index (χ2n) is 6.58. The number of aromatic nitrogens is 3. The van der Waals surface area contributed by atoms with E-state index in [0.717, 1.165) is 48.2 Å².